The van der Waals surface area contributed by atoms with Gasteiger partial charge in [-0.3, -0.25) is 9.82 Å². The number of fused-ring (bicyclic) bond motifs is 1. The summed E-state index contributed by atoms with van der Waals surface area (Å²) in [5.41, 5.74) is 1.87. The SMILES string of the molecule is Cc1ccc(S(=O)(=O)Nc2cccc3c(Cl)[nH]nc23)cc1. The summed E-state index contributed by atoms with van der Waals surface area (Å²) in [5.74, 6) is 0. The topological polar surface area (TPSA) is 74.8 Å². The van der Waals surface area contributed by atoms with Crippen LogP contribution in [0.1, 0.15) is 5.56 Å². The van der Waals surface area contributed by atoms with Crippen LogP contribution in [0.2, 0.25) is 5.15 Å². The van der Waals surface area contributed by atoms with Crippen LogP contribution in [0.4, 0.5) is 5.69 Å². The van der Waals surface area contributed by atoms with Crippen LogP contribution in [0.15, 0.2) is 47.4 Å². The molecule has 0 bridgehead atoms. The molecule has 0 atom stereocenters. The summed E-state index contributed by atoms with van der Waals surface area (Å²) in [6, 6.07) is 11.8. The molecule has 7 heteroatoms. The van der Waals surface area contributed by atoms with Crippen molar-refractivity contribution in [3.05, 3.63) is 53.2 Å². The van der Waals surface area contributed by atoms with Crippen LogP contribution in [0.3, 0.4) is 0 Å². The fraction of sp³-hybridized carbons (Fsp3) is 0.0714. The van der Waals surface area contributed by atoms with Crippen LogP contribution in [-0.2, 0) is 10.0 Å². The summed E-state index contributed by atoms with van der Waals surface area (Å²) in [6.45, 7) is 1.90. The quantitative estimate of drug-likeness (QED) is 0.777. The first-order chi connectivity index (χ1) is 9.97. The van der Waals surface area contributed by atoms with Gasteiger partial charge in [0.15, 0.2) is 0 Å². The number of rotatable bonds is 3. The third kappa shape index (κ3) is 2.59. The first-order valence-electron chi connectivity index (χ1n) is 6.19. The number of aromatic nitrogens is 2. The molecule has 0 aliphatic carbocycles. The molecular formula is C14H12ClN3O2S. The van der Waals surface area contributed by atoms with Gasteiger partial charge in [-0.25, -0.2) is 8.42 Å². The van der Waals surface area contributed by atoms with E-state index in [9.17, 15) is 8.42 Å². The summed E-state index contributed by atoms with van der Waals surface area (Å²) < 4.78 is 27.3. The normalized spacial score (nSPS) is 11.7. The fourth-order valence-electron chi connectivity index (χ4n) is 2.01. The summed E-state index contributed by atoms with van der Waals surface area (Å²) in [6.07, 6.45) is 0. The molecule has 3 aromatic rings. The van der Waals surface area contributed by atoms with E-state index < -0.39 is 10.0 Å². The van der Waals surface area contributed by atoms with Crippen molar-refractivity contribution in [1.82, 2.24) is 10.2 Å². The number of aromatic amines is 1. The lowest BCUT2D eigenvalue weighted by molar-refractivity contribution is 0.601. The number of sulfonamides is 1. The van der Waals surface area contributed by atoms with Crippen molar-refractivity contribution in [3.63, 3.8) is 0 Å². The third-order valence-corrected chi connectivity index (χ3v) is 4.78. The molecule has 0 aliphatic rings. The Kier molecular flexibility index (Phi) is 3.35. The van der Waals surface area contributed by atoms with Gasteiger partial charge in [-0.2, -0.15) is 5.10 Å². The lowest BCUT2D eigenvalue weighted by Gasteiger charge is -2.08. The van der Waals surface area contributed by atoms with Crippen molar-refractivity contribution < 1.29 is 8.42 Å². The van der Waals surface area contributed by atoms with Gasteiger partial charge >= 0.3 is 0 Å². The molecule has 0 aliphatic heterocycles. The molecule has 0 spiro atoms. The number of nitrogens with zero attached hydrogens (tertiary/aromatic N) is 1. The average molecular weight is 322 g/mol. The first-order valence-corrected chi connectivity index (χ1v) is 8.05. The molecule has 0 saturated carbocycles. The largest absolute Gasteiger partial charge is 0.277 e. The van der Waals surface area contributed by atoms with Gasteiger partial charge in [0.2, 0.25) is 0 Å². The van der Waals surface area contributed by atoms with E-state index in [1.807, 2.05) is 6.92 Å². The molecule has 5 nitrogen and oxygen atoms in total. The molecule has 1 heterocycles. The van der Waals surface area contributed by atoms with Gasteiger partial charge in [-0.15, -0.1) is 0 Å². The van der Waals surface area contributed by atoms with Gasteiger partial charge in [0, 0.05) is 5.39 Å². The van der Waals surface area contributed by atoms with Crippen LogP contribution >= 0.6 is 11.6 Å². The Morgan fingerprint density at radius 1 is 1.14 bits per heavy atom. The molecule has 3 rings (SSSR count). The van der Waals surface area contributed by atoms with E-state index in [-0.39, 0.29) is 4.90 Å². The van der Waals surface area contributed by atoms with Crippen LogP contribution in [0, 0.1) is 6.92 Å². The Balaban J connectivity index is 2.03. The monoisotopic (exact) mass is 321 g/mol. The Morgan fingerprint density at radius 2 is 1.86 bits per heavy atom. The highest BCUT2D eigenvalue weighted by Gasteiger charge is 2.16. The number of para-hydroxylation sites is 1. The smallest absolute Gasteiger partial charge is 0.261 e. The van der Waals surface area contributed by atoms with Gasteiger partial charge in [-0.1, -0.05) is 35.4 Å². The maximum Gasteiger partial charge on any atom is 0.261 e. The maximum absolute atomic E-state index is 12.4. The molecule has 108 valence electrons. The van der Waals surface area contributed by atoms with Crippen LogP contribution in [0.25, 0.3) is 10.9 Å². The second-order valence-electron chi connectivity index (χ2n) is 4.66. The van der Waals surface area contributed by atoms with Crippen molar-refractivity contribution in [2.75, 3.05) is 4.72 Å². The van der Waals surface area contributed by atoms with Gasteiger partial charge in [0.25, 0.3) is 10.0 Å². The highest BCUT2D eigenvalue weighted by molar-refractivity contribution is 7.92. The molecule has 0 fully saturated rings. The van der Waals surface area contributed by atoms with Crippen LogP contribution in [0.5, 0.6) is 0 Å². The molecule has 0 amide bonds. The Labute approximate surface area is 127 Å². The summed E-state index contributed by atoms with van der Waals surface area (Å²) in [4.78, 5) is 0.201. The number of aryl methyl sites for hydroxylation is 1. The standard InChI is InChI=1S/C14H12ClN3O2S/c1-9-5-7-10(8-6-9)21(19,20)18-12-4-2-3-11-13(12)16-17-14(11)15/h2-8,18H,1H3,(H,16,17). The lowest BCUT2D eigenvalue weighted by Crippen LogP contribution is -2.13. The minimum absolute atomic E-state index is 0.201. The van der Waals surface area contributed by atoms with E-state index in [4.69, 9.17) is 11.6 Å². The Bertz CT molecular complexity index is 902. The fourth-order valence-corrected chi connectivity index (χ4v) is 3.27. The van der Waals surface area contributed by atoms with Crippen molar-refractivity contribution in [2.24, 2.45) is 0 Å². The Morgan fingerprint density at radius 3 is 2.57 bits per heavy atom. The van der Waals surface area contributed by atoms with Crippen LogP contribution in [-0.4, -0.2) is 18.6 Å². The zero-order valence-electron chi connectivity index (χ0n) is 11.1. The minimum Gasteiger partial charge on any atom is -0.277 e. The predicted molar refractivity (Wildman–Crippen MR) is 83.1 cm³/mol. The summed E-state index contributed by atoms with van der Waals surface area (Å²) in [7, 11) is -3.66. The van der Waals surface area contributed by atoms with Gasteiger partial charge in [0.05, 0.1) is 10.6 Å². The summed E-state index contributed by atoms with van der Waals surface area (Å²) in [5, 5.41) is 7.70. The highest BCUT2D eigenvalue weighted by Crippen LogP contribution is 2.28. The number of hydrogen-bond donors (Lipinski definition) is 2. The maximum atomic E-state index is 12.4. The number of hydrogen-bond acceptors (Lipinski definition) is 3. The predicted octanol–water partition coefficient (Wildman–Crippen LogP) is 3.33. The van der Waals surface area contributed by atoms with E-state index >= 15 is 0 Å². The first kappa shape index (κ1) is 13.9. The summed E-state index contributed by atoms with van der Waals surface area (Å²) >= 11 is 5.95. The zero-order valence-corrected chi connectivity index (χ0v) is 12.7. The van der Waals surface area contributed by atoms with Gasteiger partial charge in [-0.05, 0) is 31.2 Å². The van der Waals surface area contributed by atoms with Gasteiger partial charge < -0.3 is 0 Å². The van der Waals surface area contributed by atoms with E-state index in [1.54, 1.807) is 42.5 Å². The number of nitrogens with one attached hydrogen (secondary N) is 2. The van der Waals surface area contributed by atoms with E-state index in [0.717, 1.165) is 5.56 Å². The minimum atomic E-state index is -3.66. The molecule has 21 heavy (non-hydrogen) atoms. The van der Waals surface area contributed by atoms with E-state index in [2.05, 4.69) is 14.9 Å². The van der Waals surface area contributed by atoms with Gasteiger partial charge in [0.1, 0.15) is 10.7 Å². The molecule has 0 unspecified atom stereocenters. The highest BCUT2D eigenvalue weighted by atomic mass is 35.5. The molecular weight excluding hydrogens is 310 g/mol. The third-order valence-electron chi connectivity index (χ3n) is 3.11. The van der Waals surface area contributed by atoms with E-state index in [0.29, 0.717) is 21.7 Å². The van der Waals surface area contributed by atoms with Crippen molar-refractivity contribution in [3.8, 4) is 0 Å². The molecule has 0 radical (unpaired) electrons. The number of benzene rings is 2. The second-order valence-corrected chi connectivity index (χ2v) is 6.72. The molecule has 0 saturated heterocycles. The van der Waals surface area contributed by atoms with Crippen molar-refractivity contribution in [1.29, 1.82) is 0 Å². The van der Waals surface area contributed by atoms with E-state index in [1.165, 1.54) is 0 Å². The second kappa shape index (κ2) is 5.05. The van der Waals surface area contributed by atoms with Crippen LogP contribution < -0.4 is 4.72 Å². The average Bonchev–Trinajstić information content (AvgIpc) is 2.82. The number of halogens is 1. The Hall–Kier alpha value is -2.05. The molecule has 2 aromatic carbocycles. The molecule has 2 N–H and O–H groups in total. The number of H-pyrrole nitrogens is 1. The number of anilines is 1. The molecule has 1 aromatic heterocycles. The zero-order chi connectivity index (χ0) is 15.0. The lowest BCUT2D eigenvalue weighted by atomic mass is 10.2. The van der Waals surface area contributed by atoms with Crippen molar-refractivity contribution >= 4 is 38.2 Å². The van der Waals surface area contributed by atoms with Crippen molar-refractivity contribution in [2.45, 2.75) is 11.8 Å².